The number of carbonyl (C=O) groups is 2. The van der Waals surface area contributed by atoms with Gasteiger partial charge in [0.2, 0.25) is 5.91 Å². The summed E-state index contributed by atoms with van der Waals surface area (Å²) in [6.07, 6.45) is 6.59. The summed E-state index contributed by atoms with van der Waals surface area (Å²) < 4.78 is 4.70. The standard InChI is InChI=1S/C22H26N2O3/c1-27-22(26)19-12-7-15(13-20(19)21(23)25)14-24-18-10-8-17(9-11-18)16-5-3-2-4-6-16/h7-13,16,24H,2-6,14H2,1H3,(H2,23,25). The van der Waals surface area contributed by atoms with Gasteiger partial charge in [0.25, 0.3) is 0 Å². The second-order valence-corrected chi connectivity index (χ2v) is 7.05. The number of amides is 1. The lowest BCUT2D eigenvalue weighted by molar-refractivity contribution is 0.0597. The summed E-state index contributed by atoms with van der Waals surface area (Å²) in [5, 5.41) is 3.35. The number of nitrogens with one attached hydrogen (secondary N) is 1. The van der Waals surface area contributed by atoms with Crippen LogP contribution in [0.15, 0.2) is 42.5 Å². The number of esters is 1. The Hall–Kier alpha value is -2.82. The van der Waals surface area contributed by atoms with Crippen LogP contribution < -0.4 is 11.1 Å². The summed E-state index contributed by atoms with van der Waals surface area (Å²) in [7, 11) is 1.28. The molecule has 3 N–H and O–H groups in total. The molecule has 0 radical (unpaired) electrons. The molecule has 0 unspecified atom stereocenters. The van der Waals surface area contributed by atoms with Crippen molar-refractivity contribution in [2.24, 2.45) is 5.73 Å². The fourth-order valence-corrected chi connectivity index (χ4v) is 3.71. The number of benzene rings is 2. The van der Waals surface area contributed by atoms with Gasteiger partial charge >= 0.3 is 5.97 Å². The summed E-state index contributed by atoms with van der Waals surface area (Å²) in [4.78, 5) is 23.4. The predicted molar refractivity (Wildman–Crippen MR) is 106 cm³/mol. The SMILES string of the molecule is COC(=O)c1ccc(CNc2ccc(C3CCCCC3)cc2)cc1C(N)=O. The van der Waals surface area contributed by atoms with Gasteiger partial charge in [-0.1, -0.05) is 37.5 Å². The Morgan fingerprint density at radius 3 is 2.37 bits per heavy atom. The largest absolute Gasteiger partial charge is 0.465 e. The van der Waals surface area contributed by atoms with Gasteiger partial charge in [0, 0.05) is 12.2 Å². The van der Waals surface area contributed by atoms with Crippen LogP contribution in [0.4, 0.5) is 5.69 Å². The summed E-state index contributed by atoms with van der Waals surface area (Å²) in [6, 6.07) is 13.6. The molecule has 1 amide bonds. The molecule has 5 heteroatoms. The van der Waals surface area contributed by atoms with Crippen molar-refractivity contribution in [2.45, 2.75) is 44.6 Å². The average Bonchev–Trinajstić information content (AvgIpc) is 2.72. The van der Waals surface area contributed by atoms with Crippen LogP contribution in [-0.2, 0) is 11.3 Å². The maximum Gasteiger partial charge on any atom is 0.338 e. The molecule has 0 aromatic heterocycles. The van der Waals surface area contributed by atoms with E-state index in [1.807, 2.05) is 0 Å². The van der Waals surface area contributed by atoms with Crippen LogP contribution in [-0.4, -0.2) is 19.0 Å². The molecule has 5 nitrogen and oxygen atoms in total. The Balaban J connectivity index is 1.66. The molecule has 1 saturated carbocycles. The Labute approximate surface area is 159 Å². The molecule has 0 aliphatic heterocycles. The number of nitrogens with two attached hydrogens (primary N) is 1. The summed E-state index contributed by atoms with van der Waals surface area (Å²) in [5.74, 6) is -0.521. The number of hydrogen-bond donors (Lipinski definition) is 2. The van der Waals surface area contributed by atoms with E-state index < -0.39 is 11.9 Å². The van der Waals surface area contributed by atoms with Crippen molar-refractivity contribution in [1.29, 1.82) is 0 Å². The topological polar surface area (TPSA) is 81.4 Å². The van der Waals surface area contributed by atoms with Crippen molar-refractivity contribution in [3.8, 4) is 0 Å². The first kappa shape index (κ1) is 19.0. The smallest absolute Gasteiger partial charge is 0.338 e. The van der Waals surface area contributed by atoms with E-state index in [1.54, 1.807) is 18.2 Å². The van der Waals surface area contributed by atoms with Gasteiger partial charge in [-0.05, 0) is 54.2 Å². The van der Waals surface area contributed by atoms with Crippen molar-refractivity contribution in [2.75, 3.05) is 12.4 Å². The first-order chi connectivity index (χ1) is 13.1. The number of carbonyl (C=O) groups excluding carboxylic acids is 2. The highest BCUT2D eigenvalue weighted by Crippen LogP contribution is 2.33. The van der Waals surface area contributed by atoms with Gasteiger partial charge in [0.15, 0.2) is 0 Å². The number of ether oxygens (including phenoxy) is 1. The van der Waals surface area contributed by atoms with E-state index >= 15 is 0 Å². The zero-order chi connectivity index (χ0) is 19.2. The number of methoxy groups -OCH3 is 1. The lowest BCUT2D eigenvalue weighted by Gasteiger charge is -2.22. The molecular formula is C22H26N2O3. The molecule has 1 aliphatic rings. The fourth-order valence-electron chi connectivity index (χ4n) is 3.71. The Morgan fingerprint density at radius 2 is 1.74 bits per heavy atom. The predicted octanol–water partition coefficient (Wildman–Crippen LogP) is 4.23. The van der Waals surface area contributed by atoms with Gasteiger partial charge in [-0.2, -0.15) is 0 Å². The van der Waals surface area contributed by atoms with Crippen LogP contribution in [0.1, 0.15) is 69.9 Å². The van der Waals surface area contributed by atoms with Gasteiger partial charge in [0.1, 0.15) is 0 Å². The van der Waals surface area contributed by atoms with Crippen LogP contribution >= 0.6 is 0 Å². The van der Waals surface area contributed by atoms with Crippen LogP contribution in [0.5, 0.6) is 0 Å². The maximum absolute atomic E-state index is 11.7. The van der Waals surface area contributed by atoms with Crippen molar-refractivity contribution < 1.29 is 14.3 Å². The highest BCUT2D eigenvalue weighted by atomic mass is 16.5. The van der Waals surface area contributed by atoms with Crippen LogP contribution in [0, 0.1) is 0 Å². The molecule has 0 bridgehead atoms. The van der Waals surface area contributed by atoms with E-state index in [0.717, 1.165) is 11.3 Å². The third kappa shape index (κ3) is 4.67. The molecule has 0 spiro atoms. The zero-order valence-corrected chi connectivity index (χ0v) is 15.7. The van der Waals surface area contributed by atoms with E-state index in [4.69, 9.17) is 10.5 Å². The Morgan fingerprint density at radius 1 is 1.04 bits per heavy atom. The third-order valence-corrected chi connectivity index (χ3v) is 5.24. The van der Waals surface area contributed by atoms with E-state index in [9.17, 15) is 9.59 Å². The number of anilines is 1. The van der Waals surface area contributed by atoms with Gasteiger partial charge in [-0.15, -0.1) is 0 Å². The minimum Gasteiger partial charge on any atom is -0.465 e. The number of rotatable bonds is 6. The lowest BCUT2D eigenvalue weighted by atomic mass is 9.84. The van der Waals surface area contributed by atoms with E-state index in [-0.39, 0.29) is 11.1 Å². The number of hydrogen-bond acceptors (Lipinski definition) is 4. The van der Waals surface area contributed by atoms with E-state index in [0.29, 0.717) is 12.5 Å². The first-order valence-electron chi connectivity index (χ1n) is 9.43. The molecule has 0 atom stereocenters. The first-order valence-corrected chi connectivity index (χ1v) is 9.43. The molecule has 0 heterocycles. The van der Waals surface area contributed by atoms with Crippen molar-refractivity contribution in [3.63, 3.8) is 0 Å². The molecule has 2 aromatic carbocycles. The second kappa shape index (κ2) is 8.71. The molecule has 3 rings (SSSR count). The zero-order valence-electron chi connectivity index (χ0n) is 15.7. The quantitative estimate of drug-likeness (QED) is 0.750. The van der Waals surface area contributed by atoms with Gasteiger partial charge in [-0.3, -0.25) is 4.79 Å². The molecular weight excluding hydrogens is 340 g/mol. The van der Waals surface area contributed by atoms with E-state index in [2.05, 4.69) is 29.6 Å². The van der Waals surface area contributed by atoms with Gasteiger partial charge in [0.05, 0.1) is 18.2 Å². The fraction of sp³-hybridized carbons (Fsp3) is 0.364. The molecule has 1 fully saturated rings. The van der Waals surface area contributed by atoms with Crippen molar-refractivity contribution >= 4 is 17.6 Å². The minimum atomic E-state index is -0.644. The van der Waals surface area contributed by atoms with Crippen LogP contribution in [0.3, 0.4) is 0 Å². The molecule has 142 valence electrons. The van der Waals surface area contributed by atoms with Crippen LogP contribution in [0.2, 0.25) is 0 Å². The normalized spacial score (nSPS) is 14.6. The molecule has 27 heavy (non-hydrogen) atoms. The summed E-state index contributed by atoms with van der Waals surface area (Å²) in [5.41, 5.74) is 9.07. The third-order valence-electron chi connectivity index (χ3n) is 5.24. The van der Waals surface area contributed by atoms with Crippen molar-refractivity contribution in [1.82, 2.24) is 0 Å². The Kier molecular flexibility index (Phi) is 6.12. The maximum atomic E-state index is 11.7. The van der Waals surface area contributed by atoms with Crippen molar-refractivity contribution in [3.05, 3.63) is 64.7 Å². The molecule has 1 aliphatic carbocycles. The molecule has 0 saturated heterocycles. The second-order valence-electron chi connectivity index (χ2n) is 7.05. The summed E-state index contributed by atoms with van der Waals surface area (Å²) in [6.45, 7) is 0.532. The van der Waals surface area contributed by atoms with E-state index in [1.165, 1.54) is 44.8 Å². The Bertz CT molecular complexity index is 809. The highest BCUT2D eigenvalue weighted by molar-refractivity contribution is 6.04. The van der Waals surface area contributed by atoms with Gasteiger partial charge in [-0.25, -0.2) is 4.79 Å². The van der Waals surface area contributed by atoms with Gasteiger partial charge < -0.3 is 15.8 Å². The lowest BCUT2D eigenvalue weighted by Crippen LogP contribution is -2.18. The van der Waals surface area contributed by atoms with Crippen LogP contribution in [0.25, 0.3) is 0 Å². The average molecular weight is 366 g/mol. The highest BCUT2D eigenvalue weighted by Gasteiger charge is 2.17. The summed E-state index contributed by atoms with van der Waals surface area (Å²) >= 11 is 0. The number of primary amides is 1. The molecule has 2 aromatic rings. The monoisotopic (exact) mass is 366 g/mol. The minimum absolute atomic E-state index is 0.175.